The smallest absolute Gasteiger partial charge is 0.119 e. The number of benzene rings is 2. The molecule has 2 aromatic rings. The van der Waals surface area contributed by atoms with Crippen molar-refractivity contribution in [3.8, 4) is 5.75 Å². The van der Waals surface area contributed by atoms with Gasteiger partial charge in [0.25, 0.3) is 0 Å². The van der Waals surface area contributed by atoms with Gasteiger partial charge in [-0.3, -0.25) is 0 Å². The molecule has 0 heterocycles. The van der Waals surface area contributed by atoms with Crippen LogP contribution in [0.3, 0.4) is 0 Å². The number of hydrogen-bond acceptors (Lipinski definition) is 2. The SMILES string of the molecule is COCc1ccc(OCc2ccc(C)cc2)cc1. The molecule has 0 fully saturated rings. The van der Waals surface area contributed by atoms with E-state index in [-0.39, 0.29) is 0 Å². The van der Waals surface area contributed by atoms with Crippen molar-refractivity contribution in [3.05, 3.63) is 65.2 Å². The summed E-state index contributed by atoms with van der Waals surface area (Å²) in [5.74, 6) is 0.885. The molecule has 0 aliphatic rings. The molecule has 0 atom stereocenters. The zero-order valence-corrected chi connectivity index (χ0v) is 10.8. The van der Waals surface area contributed by atoms with Crippen LogP contribution < -0.4 is 4.74 Å². The van der Waals surface area contributed by atoms with Crippen molar-refractivity contribution in [2.24, 2.45) is 0 Å². The molecule has 0 saturated heterocycles. The predicted octanol–water partition coefficient (Wildman–Crippen LogP) is 3.72. The van der Waals surface area contributed by atoms with Crippen molar-refractivity contribution in [2.45, 2.75) is 20.1 Å². The summed E-state index contributed by atoms with van der Waals surface area (Å²) in [4.78, 5) is 0. The highest BCUT2D eigenvalue weighted by Crippen LogP contribution is 2.15. The van der Waals surface area contributed by atoms with E-state index in [1.54, 1.807) is 7.11 Å². The molecular formula is C16H18O2. The highest BCUT2D eigenvalue weighted by Gasteiger charge is 1.97. The first-order chi connectivity index (χ1) is 8.78. The molecule has 0 N–H and O–H groups in total. The van der Waals surface area contributed by atoms with E-state index in [0.717, 1.165) is 11.3 Å². The molecule has 0 aliphatic carbocycles. The quantitative estimate of drug-likeness (QED) is 0.795. The first-order valence-electron chi connectivity index (χ1n) is 6.04. The molecule has 2 aromatic carbocycles. The monoisotopic (exact) mass is 242 g/mol. The number of hydrogen-bond donors (Lipinski definition) is 0. The minimum atomic E-state index is 0.601. The molecule has 0 saturated carbocycles. The number of ether oxygens (including phenoxy) is 2. The van der Waals surface area contributed by atoms with Gasteiger partial charge in [-0.15, -0.1) is 0 Å². The van der Waals surface area contributed by atoms with Gasteiger partial charge < -0.3 is 9.47 Å². The summed E-state index contributed by atoms with van der Waals surface area (Å²) in [7, 11) is 1.70. The van der Waals surface area contributed by atoms with Crippen LogP contribution in [0, 0.1) is 6.92 Å². The van der Waals surface area contributed by atoms with Crippen LogP contribution in [-0.2, 0) is 18.0 Å². The van der Waals surface area contributed by atoms with Gasteiger partial charge in [-0.25, -0.2) is 0 Å². The molecule has 0 aromatic heterocycles. The summed E-state index contributed by atoms with van der Waals surface area (Å²) in [5, 5.41) is 0. The number of rotatable bonds is 5. The highest BCUT2D eigenvalue weighted by atomic mass is 16.5. The van der Waals surface area contributed by atoms with Gasteiger partial charge in [-0.1, -0.05) is 42.0 Å². The molecule has 0 radical (unpaired) electrons. The lowest BCUT2D eigenvalue weighted by Gasteiger charge is -2.07. The third-order valence-corrected chi connectivity index (χ3v) is 2.76. The molecule has 2 nitrogen and oxygen atoms in total. The van der Waals surface area contributed by atoms with E-state index < -0.39 is 0 Å². The largest absolute Gasteiger partial charge is 0.489 e. The Hall–Kier alpha value is -1.80. The Morgan fingerprint density at radius 3 is 1.94 bits per heavy atom. The van der Waals surface area contributed by atoms with E-state index in [0.29, 0.717) is 13.2 Å². The second kappa shape index (κ2) is 6.22. The summed E-state index contributed by atoms with van der Waals surface area (Å²) in [6.45, 7) is 3.32. The Morgan fingerprint density at radius 1 is 0.778 bits per heavy atom. The maximum Gasteiger partial charge on any atom is 0.119 e. The van der Waals surface area contributed by atoms with Crippen LogP contribution >= 0.6 is 0 Å². The Morgan fingerprint density at radius 2 is 1.33 bits per heavy atom. The van der Waals surface area contributed by atoms with Crippen LogP contribution in [0.2, 0.25) is 0 Å². The maximum atomic E-state index is 5.72. The fraction of sp³-hybridized carbons (Fsp3) is 0.250. The van der Waals surface area contributed by atoms with Crippen LogP contribution in [0.15, 0.2) is 48.5 Å². The molecule has 0 bridgehead atoms. The lowest BCUT2D eigenvalue weighted by Crippen LogP contribution is -1.95. The van der Waals surface area contributed by atoms with Gasteiger partial charge in [-0.05, 0) is 30.2 Å². The number of aryl methyl sites for hydroxylation is 1. The van der Waals surface area contributed by atoms with Crippen LogP contribution in [0.25, 0.3) is 0 Å². The Kier molecular flexibility index (Phi) is 4.37. The second-order valence-corrected chi connectivity index (χ2v) is 4.35. The average Bonchev–Trinajstić information content (AvgIpc) is 2.40. The van der Waals surface area contributed by atoms with Crippen molar-refractivity contribution in [1.82, 2.24) is 0 Å². The summed E-state index contributed by atoms with van der Waals surface area (Å²) in [6, 6.07) is 16.4. The number of methoxy groups -OCH3 is 1. The highest BCUT2D eigenvalue weighted by molar-refractivity contribution is 5.27. The molecule has 0 spiro atoms. The molecular weight excluding hydrogens is 224 g/mol. The van der Waals surface area contributed by atoms with Crippen molar-refractivity contribution >= 4 is 0 Å². The van der Waals surface area contributed by atoms with E-state index in [4.69, 9.17) is 9.47 Å². The average molecular weight is 242 g/mol. The summed E-state index contributed by atoms with van der Waals surface area (Å²) in [5.41, 5.74) is 3.60. The zero-order chi connectivity index (χ0) is 12.8. The van der Waals surface area contributed by atoms with E-state index in [9.17, 15) is 0 Å². The van der Waals surface area contributed by atoms with Crippen molar-refractivity contribution in [2.75, 3.05) is 7.11 Å². The first kappa shape index (κ1) is 12.7. The predicted molar refractivity (Wildman–Crippen MR) is 72.7 cm³/mol. The van der Waals surface area contributed by atoms with Gasteiger partial charge in [0.2, 0.25) is 0 Å². The topological polar surface area (TPSA) is 18.5 Å². The Labute approximate surface area is 108 Å². The molecule has 2 heteroatoms. The molecule has 2 rings (SSSR count). The molecule has 94 valence electrons. The lowest BCUT2D eigenvalue weighted by molar-refractivity contribution is 0.185. The molecule has 0 amide bonds. The summed E-state index contributed by atoms with van der Waals surface area (Å²) < 4.78 is 10.8. The zero-order valence-electron chi connectivity index (χ0n) is 10.8. The van der Waals surface area contributed by atoms with Gasteiger partial charge in [0.15, 0.2) is 0 Å². The van der Waals surface area contributed by atoms with Gasteiger partial charge in [0.05, 0.1) is 6.61 Å². The van der Waals surface area contributed by atoms with Crippen LogP contribution in [-0.4, -0.2) is 7.11 Å². The van der Waals surface area contributed by atoms with E-state index in [1.807, 2.05) is 24.3 Å². The summed E-state index contributed by atoms with van der Waals surface area (Å²) in [6.07, 6.45) is 0. The lowest BCUT2D eigenvalue weighted by atomic mass is 10.2. The Bertz CT molecular complexity index is 471. The third-order valence-electron chi connectivity index (χ3n) is 2.76. The fourth-order valence-corrected chi connectivity index (χ4v) is 1.70. The second-order valence-electron chi connectivity index (χ2n) is 4.35. The van der Waals surface area contributed by atoms with E-state index in [2.05, 4.69) is 31.2 Å². The molecule has 0 aliphatic heterocycles. The standard InChI is InChI=1S/C16H18O2/c1-13-3-5-15(6-4-13)12-18-16-9-7-14(8-10-16)11-17-2/h3-10H,11-12H2,1-2H3. The van der Waals surface area contributed by atoms with Gasteiger partial charge >= 0.3 is 0 Å². The first-order valence-corrected chi connectivity index (χ1v) is 6.04. The van der Waals surface area contributed by atoms with E-state index in [1.165, 1.54) is 11.1 Å². The molecule has 0 unspecified atom stereocenters. The maximum absolute atomic E-state index is 5.72. The van der Waals surface area contributed by atoms with Crippen molar-refractivity contribution in [1.29, 1.82) is 0 Å². The third kappa shape index (κ3) is 3.60. The van der Waals surface area contributed by atoms with Crippen molar-refractivity contribution in [3.63, 3.8) is 0 Å². The normalized spacial score (nSPS) is 10.3. The minimum absolute atomic E-state index is 0.601. The van der Waals surface area contributed by atoms with Crippen LogP contribution in [0.4, 0.5) is 0 Å². The van der Waals surface area contributed by atoms with Crippen LogP contribution in [0.1, 0.15) is 16.7 Å². The Balaban J connectivity index is 1.91. The molecule has 18 heavy (non-hydrogen) atoms. The van der Waals surface area contributed by atoms with Gasteiger partial charge in [0, 0.05) is 7.11 Å². The fourth-order valence-electron chi connectivity index (χ4n) is 1.70. The van der Waals surface area contributed by atoms with Crippen molar-refractivity contribution < 1.29 is 9.47 Å². The van der Waals surface area contributed by atoms with E-state index >= 15 is 0 Å². The van der Waals surface area contributed by atoms with Crippen LogP contribution in [0.5, 0.6) is 5.75 Å². The summed E-state index contributed by atoms with van der Waals surface area (Å²) >= 11 is 0. The minimum Gasteiger partial charge on any atom is -0.489 e. The van der Waals surface area contributed by atoms with Gasteiger partial charge in [-0.2, -0.15) is 0 Å². The van der Waals surface area contributed by atoms with Gasteiger partial charge in [0.1, 0.15) is 12.4 Å².